The largest absolute Gasteiger partial charge is 0.378 e. The predicted molar refractivity (Wildman–Crippen MR) is 94.1 cm³/mol. The predicted octanol–water partition coefficient (Wildman–Crippen LogP) is 2.42. The molecule has 128 valence electrons. The third-order valence-electron chi connectivity index (χ3n) is 4.66. The number of carbonyl (C=O) groups excluding carboxylic acids is 1. The van der Waals surface area contributed by atoms with Crippen molar-refractivity contribution in [3.05, 3.63) is 46.9 Å². The normalized spacial score (nSPS) is 17.3. The minimum atomic E-state index is -0.116. The zero-order valence-electron chi connectivity index (χ0n) is 14.1. The van der Waals surface area contributed by atoms with Gasteiger partial charge in [0.15, 0.2) is 0 Å². The average molecular weight is 328 g/mol. The van der Waals surface area contributed by atoms with E-state index in [0.717, 1.165) is 37.7 Å². The summed E-state index contributed by atoms with van der Waals surface area (Å²) in [5.74, 6) is -0.0419. The van der Waals surface area contributed by atoms with Gasteiger partial charge in [-0.25, -0.2) is 0 Å². The number of ether oxygens (including phenoxy) is 1. The van der Waals surface area contributed by atoms with Crippen molar-refractivity contribution in [1.82, 2.24) is 9.47 Å². The summed E-state index contributed by atoms with van der Waals surface area (Å²) in [6.45, 7) is 1.64. The SMILES string of the molecule is CN(CCC[C@@H]1CCCO1)C(=O)Cn1ccc2ccccc2c1=O. The third-order valence-corrected chi connectivity index (χ3v) is 4.66. The van der Waals surface area contributed by atoms with Gasteiger partial charge in [-0.3, -0.25) is 9.59 Å². The fourth-order valence-electron chi connectivity index (χ4n) is 3.17. The lowest BCUT2D eigenvalue weighted by Crippen LogP contribution is -2.34. The number of rotatable bonds is 6. The first-order valence-corrected chi connectivity index (χ1v) is 8.59. The molecule has 0 saturated carbocycles. The smallest absolute Gasteiger partial charge is 0.258 e. The quantitative estimate of drug-likeness (QED) is 0.818. The lowest BCUT2D eigenvalue weighted by Gasteiger charge is -2.19. The molecule has 1 aromatic carbocycles. The Labute approximate surface area is 141 Å². The van der Waals surface area contributed by atoms with Crippen molar-refractivity contribution in [3.63, 3.8) is 0 Å². The Bertz CT molecular complexity index is 763. The Balaban J connectivity index is 1.57. The molecule has 5 nitrogen and oxygen atoms in total. The van der Waals surface area contributed by atoms with Crippen LogP contribution in [0.25, 0.3) is 10.8 Å². The molecular weight excluding hydrogens is 304 g/mol. The molecule has 5 heteroatoms. The molecule has 0 bridgehead atoms. The highest BCUT2D eigenvalue weighted by Crippen LogP contribution is 2.16. The molecule has 0 aliphatic carbocycles. The number of likely N-dealkylation sites (N-methyl/N-ethyl adjacent to an activating group) is 1. The van der Waals surface area contributed by atoms with Crippen LogP contribution >= 0.6 is 0 Å². The number of nitrogens with zero attached hydrogens (tertiary/aromatic N) is 2. The molecule has 1 aliphatic rings. The summed E-state index contributed by atoms with van der Waals surface area (Å²) in [7, 11) is 1.80. The molecule has 1 atom stereocenters. The number of pyridine rings is 1. The molecule has 1 fully saturated rings. The maximum atomic E-state index is 12.5. The monoisotopic (exact) mass is 328 g/mol. The van der Waals surface area contributed by atoms with Crippen LogP contribution in [0, 0.1) is 0 Å². The van der Waals surface area contributed by atoms with Gasteiger partial charge in [0.25, 0.3) is 5.56 Å². The molecule has 0 unspecified atom stereocenters. The van der Waals surface area contributed by atoms with E-state index >= 15 is 0 Å². The molecule has 2 aromatic rings. The minimum Gasteiger partial charge on any atom is -0.378 e. The third kappa shape index (κ3) is 3.85. The summed E-state index contributed by atoms with van der Waals surface area (Å²) in [6, 6.07) is 9.32. The van der Waals surface area contributed by atoms with E-state index in [4.69, 9.17) is 4.74 Å². The molecule has 1 aliphatic heterocycles. The first-order chi connectivity index (χ1) is 11.6. The minimum absolute atomic E-state index is 0.0419. The van der Waals surface area contributed by atoms with E-state index < -0.39 is 0 Å². The number of aromatic nitrogens is 1. The van der Waals surface area contributed by atoms with Gasteiger partial charge in [0.1, 0.15) is 6.54 Å². The lowest BCUT2D eigenvalue weighted by molar-refractivity contribution is -0.130. The average Bonchev–Trinajstić information content (AvgIpc) is 3.11. The summed E-state index contributed by atoms with van der Waals surface area (Å²) in [4.78, 5) is 26.5. The van der Waals surface area contributed by atoms with Gasteiger partial charge in [-0.05, 0) is 43.2 Å². The molecule has 1 aromatic heterocycles. The standard InChI is InChI=1S/C19H24N2O3/c1-20(11-4-7-16-8-5-13-24-16)18(22)14-21-12-10-15-6-2-3-9-17(15)19(21)23/h2-3,6,9-10,12,16H,4-5,7-8,11,13-14H2,1H3/t16-/m1/s1. The molecular formula is C19H24N2O3. The van der Waals surface area contributed by atoms with Crippen molar-refractivity contribution in [2.24, 2.45) is 0 Å². The summed E-state index contributed by atoms with van der Waals surface area (Å²) in [5.41, 5.74) is -0.116. The van der Waals surface area contributed by atoms with Crippen molar-refractivity contribution in [3.8, 4) is 0 Å². The molecule has 24 heavy (non-hydrogen) atoms. The topological polar surface area (TPSA) is 51.5 Å². The second-order valence-corrected chi connectivity index (χ2v) is 6.43. The Kier molecular flexibility index (Phi) is 5.30. The zero-order chi connectivity index (χ0) is 16.9. The summed E-state index contributed by atoms with van der Waals surface area (Å²) < 4.78 is 7.09. The van der Waals surface area contributed by atoms with Crippen molar-refractivity contribution in [2.75, 3.05) is 20.2 Å². The van der Waals surface area contributed by atoms with Crippen molar-refractivity contribution < 1.29 is 9.53 Å². The van der Waals surface area contributed by atoms with Crippen molar-refractivity contribution in [1.29, 1.82) is 0 Å². The molecule has 0 N–H and O–H groups in total. The van der Waals surface area contributed by atoms with Gasteiger partial charge in [-0.15, -0.1) is 0 Å². The molecule has 3 rings (SSSR count). The van der Waals surface area contributed by atoms with E-state index in [-0.39, 0.29) is 18.0 Å². The van der Waals surface area contributed by atoms with Gasteiger partial charge in [0.05, 0.1) is 6.10 Å². The first kappa shape index (κ1) is 16.7. The second-order valence-electron chi connectivity index (χ2n) is 6.43. The van der Waals surface area contributed by atoms with Crippen LogP contribution in [0.15, 0.2) is 41.3 Å². The van der Waals surface area contributed by atoms with Crippen LogP contribution in [0.5, 0.6) is 0 Å². The molecule has 1 saturated heterocycles. The van der Waals surface area contributed by atoms with Crippen LogP contribution < -0.4 is 5.56 Å². The van der Waals surface area contributed by atoms with E-state index in [1.54, 1.807) is 24.2 Å². The maximum Gasteiger partial charge on any atom is 0.258 e. The van der Waals surface area contributed by atoms with Crippen LogP contribution in [0.1, 0.15) is 25.7 Å². The summed E-state index contributed by atoms with van der Waals surface area (Å²) >= 11 is 0. The van der Waals surface area contributed by atoms with E-state index in [9.17, 15) is 9.59 Å². The van der Waals surface area contributed by atoms with Gasteiger partial charge in [-0.1, -0.05) is 18.2 Å². The second kappa shape index (κ2) is 7.62. The summed E-state index contributed by atoms with van der Waals surface area (Å²) in [5, 5.41) is 1.55. The van der Waals surface area contributed by atoms with Crippen molar-refractivity contribution in [2.45, 2.75) is 38.3 Å². The summed E-state index contributed by atoms with van der Waals surface area (Å²) in [6.07, 6.45) is 6.25. The van der Waals surface area contributed by atoms with Crippen molar-refractivity contribution >= 4 is 16.7 Å². The van der Waals surface area contributed by atoms with Crippen LogP contribution in [0.2, 0.25) is 0 Å². The van der Waals surface area contributed by atoms with Crippen LogP contribution in [-0.4, -0.2) is 41.7 Å². The highest BCUT2D eigenvalue weighted by molar-refractivity contribution is 5.82. The maximum absolute atomic E-state index is 12.5. The van der Waals surface area contributed by atoms with Gasteiger partial charge in [0, 0.05) is 31.8 Å². The van der Waals surface area contributed by atoms with Crippen LogP contribution in [0.4, 0.5) is 0 Å². The molecule has 0 radical (unpaired) electrons. The Morgan fingerprint density at radius 1 is 1.33 bits per heavy atom. The van der Waals surface area contributed by atoms with Gasteiger partial charge in [-0.2, -0.15) is 0 Å². The number of benzene rings is 1. The Hall–Kier alpha value is -2.14. The van der Waals surface area contributed by atoms with E-state index in [1.807, 2.05) is 24.3 Å². The molecule has 1 amide bonds. The Morgan fingerprint density at radius 3 is 2.96 bits per heavy atom. The van der Waals surface area contributed by atoms with Gasteiger partial charge < -0.3 is 14.2 Å². The molecule has 2 heterocycles. The lowest BCUT2D eigenvalue weighted by atomic mass is 10.1. The fraction of sp³-hybridized carbons (Fsp3) is 0.474. The van der Waals surface area contributed by atoms with Crippen LogP contribution in [0.3, 0.4) is 0 Å². The first-order valence-electron chi connectivity index (χ1n) is 8.59. The number of carbonyl (C=O) groups is 1. The van der Waals surface area contributed by atoms with Gasteiger partial charge in [0.2, 0.25) is 5.91 Å². The number of fused-ring (bicyclic) bond motifs is 1. The van der Waals surface area contributed by atoms with E-state index in [2.05, 4.69) is 0 Å². The number of amides is 1. The highest BCUT2D eigenvalue weighted by Gasteiger charge is 2.16. The van der Waals surface area contributed by atoms with Gasteiger partial charge >= 0.3 is 0 Å². The van der Waals surface area contributed by atoms with E-state index in [1.165, 1.54) is 4.57 Å². The fourth-order valence-corrected chi connectivity index (χ4v) is 3.17. The van der Waals surface area contributed by atoms with Crippen LogP contribution in [-0.2, 0) is 16.1 Å². The molecule has 0 spiro atoms. The Morgan fingerprint density at radius 2 is 2.17 bits per heavy atom. The van der Waals surface area contributed by atoms with E-state index in [0.29, 0.717) is 18.0 Å². The number of hydrogen-bond acceptors (Lipinski definition) is 3. The zero-order valence-corrected chi connectivity index (χ0v) is 14.1. The number of hydrogen-bond donors (Lipinski definition) is 0. The highest BCUT2D eigenvalue weighted by atomic mass is 16.5.